The highest BCUT2D eigenvalue weighted by Crippen LogP contribution is 2.35. The lowest BCUT2D eigenvalue weighted by Crippen LogP contribution is -2.17. The number of hydrogen-bond acceptors (Lipinski definition) is 6. The van der Waals surface area contributed by atoms with Crippen LogP contribution in [0.1, 0.15) is 35.9 Å². The third-order valence-corrected chi connectivity index (χ3v) is 6.39. The quantitative estimate of drug-likeness (QED) is 0.330. The third kappa shape index (κ3) is 4.95. The summed E-state index contributed by atoms with van der Waals surface area (Å²) in [7, 11) is 6.57. The summed E-state index contributed by atoms with van der Waals surface area (Å²) in [4.78, 5) is 21.4. The van der Waals surface area contributed by atoms with Crippen molar-refractivity contribution in [2.75, 3.05) is 35.0 Å². The Bertz CT molecular complexity index is 1410. The van der Waals surface area contributed by atoms with E-state index in [-0.39, 0.29) is 5.56 Å². The van der Waals surface area contributed by atoms with Gasteiger partial charge < -0.3 is 23.9 Å². The van der Waals surface area contributed by atoms with Gasteiger partial charge in [0.15, 0.2) is 11.5 Å². The molecule has 2 aromatic heterocycles. The minimum Gasteiger partial charge on any atom is -0.497 e. The highest BCUT2D eigenvalue weighted by molar-refractivity contribution is 5.91. The zero-order chi connectivity index (χ0) is 24.9. The van der Waals surface area contributed by atoms with Crippen LogP contribution in [0.4, 0.5) is 0 Å². The van der Waals surface area contributed by atoms with Crippen LogP contribution in [0.3, 0.4) is 0 Å². The molecule has 4 rings (SSSR count). The Morgan fingerprint density at radius 3 is 2.31 bits per heavy atom. The molecule has 0 bridgehead atoms. The number of hydrogen-bond donors (Lipinski definition) is 1. The average Bonchev–Trinajstić information content (AvgIpc) is 2.89. The average molecular weight is 477 g/mol. The van der Waals surface area contributed by atoms with Gasteiger partial charge in [-0.25, -0.2) is 0 Å². The molecule has 184 valence electrons. The molecule has 1 N–H and O–H groups in total. The molecule has 0 saturated heterocycles. The molecule has 0 amide bonds. The van der Waals surface area contributed by atoms with Crippen LogP contribution in [0.15, 0.2) is 41.2 Å². The van der Waals surface area contributed by atoms with Crippen molar-refractivity contribution in [2.45, 2.75) is 32.6 Å². The van der Waals surface area contributed by atoms with E-state index < -0.39 is 0 Å². The van der Waals surface area contributed by atoms with E-state index in [1.165, 1.54) is 0 Å². The highest BCUT2D eigenvalue weighted by Gasteiger charge is 2.18. The molecule has 0 radical (unpaired) electrons. The van der Waals surface area contributed by atoms with Crippen molar-refractivity contribution >= 4 is 21.7 Å². The van der Waals surface area contributed by atoms with Crippen molar-refractivity contribution in [3.8, 4) is 17.2 Å². The summed E-state index contributed by atoms with van der Waals surface area (Å²) in [5.41, 5.74) is 4.32. The van der Waals surface area contributed by atoms with E-state index in [0.717, 1.165) is 57.2 Å². The molecule has 2 heterocycles. The van der Waals surface area contributed by atoms with Gasteiger partial charge in [-0.05, 0) is 66.6 Å². The summed E-state index contributed by atoms with van der Waals surface area (Å²) in [6.45, 7) is 2.67. The van der Waals surface area contributed by atoms with Crippen LogP contribution in [0, 0.1) is 0 Å². The van der Waals surface area contributed by atoms with Gasteiger partial charge in [0, 0.05) is 47.9 Å². The standard InChI is InChI=1S/C28H32N2O5/c1-6-23-21-16-27(35-5)26(34-4)15-20(21)22(28(31)30-23)14-18-12-17-13-19(33-3)9-10-25(17)29-24(18)8-7-11-32-2/h9-10,12-13,15-16H,6-8,11,14H2,1-5H3,(H,30,31). The number of benzene rings is 2. The van der Waals surface area contributed by atoms with Gasteiger partial charge in [0.25, 0.3) is 5.56 Å². The topological polar surface area (TPSA) is 82.7 Å². The largest absolute Gasteiger partial charge is 0.497 e. The number of fused-ring (bicyclic) bond motifs is 2. The van der Waals surface area contributed by atoms with Crippen LogP contribution in [0.25, 0.3) is 21.7 Å². The van der Waals surface area contributed by atoms with Crippen molar-refractivity contribution in [3.05, 3.63) is 69.3 Å². The molecular weight excluding hydrogens is 444 g/mol. The molecule has 0 spiro atoms. The van der Waals surface area contributed by atoms with Crippen molar-refractivity contribution in [1.82, 2.24) is 9.97 Å². The maximum absolute atomic E-state index is 13.3. The maximum atomic E-state index is 13.3. The number of ether oxygens (including phenoxy) is 4. The molecule has 7 heteroatoms. The molecule has 0 aliphatic heterocycles. The number of pyridine rings is 2. The monoisotopic (exact) mass is 476 g/mol. The van der Waals surface area contributed by atoms with Gasteiger partial charge >= 0.3 is 0 Å². The summed E-state index contributed by atoms with van der Waals surface area (Å²) in [6, 6.07) is 11.8. The van der Waals surface area contributed by atoms with Crippen LogP contribution >= 0.6 is 0 Å². The Balaban J connectivity index is 1.91. The number of aromatic amines is 1. The summed E-state index contributed by atoms with van der Waals surface area (Å²) >= 11 is 0. The van der Waals surface area contributed by atoms with E-state index in [1.807, 2.05) is 37.3 Å². The first-order valence-electron chi connectivity index (χ1n) is 11.8. The lowest BCUT2D eigenvalue weighted by molar-refractivity contribution is 0.195. The van der Waals surface area contributed by atoms with Crippen molar-refractivity contribution in [2.24, 2.45) is 0 Å². The second-order valence-corrected chi connectivity index (χ2v) is 8.44. The second kappa shape index (κ2) is 10.8. The Hall–Kier alpha value is -3.58. The van der Waals surface area contributed by atoms with E-state index in [0.29, 0.717) is 36.5 Å². The van der Waals surface area contributed by atoms with E-state index in [2.05, 4.69) is 11.1 Å². The van der Waals surface area contributed by atoms with Crippen LogP contribution in [0.2, 0.25) is 0 Å². The molecule has 2 aromatic carbocycles. The van der Waals surface area contributed by atoms with Gasteiger partial charge in [-0.3, -0.25) is 9.78 Å². The predicted octanol–water partition coefficient (Wildman–Crippen LogP) is 4.83. The number of H-pyrrole nitrogens is 1. The Morgan fingerprint density at radius 2 is 1.66 bits per heavy atom. The van der Waals surface area contributed by atoms with E-state index >= 15 is 0 Å². The van der Waals surface area contributed by atoms with Gasteiger partial charge in [-0.1, -0.05) is 6.92 Å². The molecule has 0 fully saturated rings. The molecule has 0 atom stereocenters. The number of methoxy groups -OCH3 is 4. The number of aromatic nitrogens is 2. The van der Waals surface area contributed by atoms with Gasteiger partial charge in [0.05, 0.1) is 26.8 Å². The zero-order valence-electron chi connectivity index (χ0n) is 21.0. The smallest absolute Gasteiger partial charge is 0.252 e. The van der Waals surface area contributed by atoms with E-state index in [1.54, 1.807) is 28.4 Å². The highest BCUT2D eigenvalue weighted by atomic mass is 16.5. The Morgan fingerprint density at radius 1 is 0.914 bits per heavy atom. The lowest BCUT2D eigenvalue weighted by Gasteiger charge is -2.16. The Kier molecular flexibility index (Phi) is 7.56. The van der Waals surface area contributed by atoms with Crippen LogP contribution in [-0.4, -0.2) is 45.0 Å². The zero-order valence-corrected chi connectivity index (χ0v) is 21.0. The van der Waals surface area contributed by atoms with Gasteiger partial charge in [-0.15, -0.1) is 0 Å². The minimum absolute atomic E-state index is 0.102. The van der Waals surface area contributed by atoms with Gasteiger partial charge in [0.1, 0.15) is 5.75 Å². The number of aryl methyl sites for hydroxylation is 2. The number of rotatable bonds is 10. The molecule has 0 aliphatic rings. The second-order valence-electron chi connectivity index (χ2n) is 8.44. The minimum atomic E-state index is -0.102. The van der Waals surface area contributed by atoms with E-state index in [9.17, 15) is 4.79 Å². The fraction of sp³-hybridized carbons (Fsp3) is 0.357. The third-order valence-electron chi connectivity index (χ3n) is 6.39. The van der Waals surface area contributed by atoms with Crippen LogP contribution in [0.5, 0.6) is 17.2 Å². The normalized spacial score (nSPS) is 11.2. The Labute approximate surface area is 205 Å². The van der Waals surface area contributed by atoms with Crippen molar-refractivity contribution in [3.63, 3.8) is 0 Å². The predicted molar refractivity (Wildman–Crippen MR) is 138 cm³/mol. The SMILES string of the molecule is CCc1[nH]c(=O)c(Cc2cc3cc(OC)ccc3nc2CCCOC)c2cc(OC)c(OC)cc12. The molecule has 7 nitrogen and oxygen atoms in total. The molecule has 0 unspecified atom stereocenters. The molecule has 0 aliphatic carbocycles. The van der Waals surface area contributed by atoms with Crippen molar-refractivity contribution in [1.29, 1.82) is 0 Å². The van der Waals surface area contributed by atoms with Crippen LogP contribution in [-0.2, 0) is 24.0 Å². The molecule has 0 saturated carbocycles. The maximum Gasteiger partial charge on any atom is 0.252 e. The van der Waals surface area contributed by atoms with E-state index in [4.69, 9.17) is 23.9 Å². The summed E-state index contributed by atoms with van der Waals surface area (Å²) in [6.07, 6.45) is 2.73. The summed E-state index contributed by atoms with van der Waals surface area (Å²) < 4.78 is 21.8. The summed E-state index contributed by atoms with van der Waals surface area (Å²) in [5.74, 6) is 1.99. The van der Waals surface area contributed by atoms with Gasteiger partial charge in [0.2, 0.25) is 0 Å². The molecular formula is C28H32N2O5. The van der Waals surface area contributed by atoms with Gasteiger partial charge in [-0.2, -0.15) is 0 Å². The lowest BCUT2D eigenvalue weighted by atomic mass is 9.95. The first-order chi connectivity index (χ1) is 17.0. The fourth-order valence-corrected chi connectivity index (χ4v) is 4.54. The summed E-state index contributed by atoms with van der Waals surface area (Å²) in [5, 5.41) is 2.79. The number of nitrogens with one attached hydrogen (secondary N) is 1. The number of nitrogens with zero attached hydrogens (tertiary/aromatic N) is 1. The first kappa shape index (κ1) is 24.5. The first-order valence-corrected chi connectivity index (χ1v) is 11.8. The van der Waals surface area contributed by atoms with Crippen LogP contribution < -0.4 is 19.8 Å². The molecule has 4 aromatic rings. The molecule has 35 heavy (non-hydrogen) atoms. The van der Waals surface area contributed by atoms with Crippen molar-refractivity contribution < 1.29 is 18.9 Å². The fourth-order valence-electron chi connectivity index (χ4n) is 4.54.